The number of hydrogen-bond donors (Lipinski definition) is 2. The molecule has 5 nitrogen and oxygen atoms in total. The van der Waals surface area contributed by atoms with E-state index in [0.29, 0.717) is 22.1 Å². The first kappa shape index (κ1) is 17.5. The van der Waals surface area contributed by atoms with Crippen molar-refractivity contribution in [1.82, 2.24) is 0 Å². The number of aliphatic hydroxyl groups excluding tert-OH is 1. The van der Waals surface area contributed by atoms with E-state index in [-0.39, 0.29) is 12.2 Å². The number of allylic oxidation sites excluding steroid dienone is 1. The molecule has 2 heterocycles. The van der Waals surface area contributed by atoms with Crippen LogP contribution in [0.15, 0.2) is 52.2 Å². The van der Waals surface area contributed by atoms with Gasteiger partial charge in [-0.25, -0.2) is 4.79 Å². The highest BCUT2D eigenvalue weighted by atomic mass is 16.6. The van der Waals surface area contributed by atoms with Crippen molar-refractivity contribution < 1.29 is 19.4 Å². The Morgan fingerprint density at radius 2 is 2.12 bits per heavy atom. The Kier molecular flexibility index (Phi) is 3.89. The van der Waals surface area contributed by atoms with E-state index in [4.69, 9.17) is 9.15 Å². The maximum atomic E-state index is 12.6. The van der Waals surface area contributed by atoms with Gasteiger partial charge >= 0.3 is 5.63 Å². The van der Waals surface area contributed by atoms with Gasteiger partial charge in [0.05, 0.1) is 10.9 Å². The van der Waals surface area contributed by atoms with Crippen LogP contribution >= 0.6 is 0 Å². The number of rotatable bonds is 3. The summed E-state index contributed by atoms with van der Waals surface area (Å²) in [6.07, 6.45) is 0.212. The third-order valence-corrected chi connectivity index (χ3v) is 4.91. The summed E-state index contributed by atoms with van der Waals surface area (Å²) in [4.78, 5) is 12.6. The molecule has 1 aromatic heterocycles. The van der Waals surface area contributed by atoms with Gasteiger partial charge in [0.25, 0.3) is 0 Å². The van der Waals surface area contributed by atoms with Crippen LogP contribution in [0.5, 0.6) is 5.75 Å². The van der Waals surface area contributed by atoms with Gasteiger partial charge in [0, 0.05) is 11.8 Å². The molecule has 0 saturated heterocycles. The van der Waals surface area contributed by atoms with Crippen molar-refractivity contribution in [3.05, 3.63) is 64.6 Å². The molecule has 0 aliphatic carbocycles. The molecule has 5 heteroatoms. The highest BCUT2D eigenvalue weighted by Gasteiger charge is 2.51. The fraction of sp³-hybridized carbons (Fsp3) is 0.350. The van der Waals surface area contributed by atoms with Crippen LogP contribution < -0.4 is 10.4 Å². The lowest BCUT2D eigenvalue weighted by molar-refractivity contribution is -0.212. The van der Waals surface area contributed by atoms with Gasteiger partial charge in [-0.05, 0) is 31.1 Å². The van der Waals surface area contributed by atoms with Crippen LogP contribution in [-0.2, 0) is 5.41 Å². The van der Waals surface area contributed by atoms with E-state index in [2.05, 4.69) is 13.2 Å². The molecule has 1 aromatic carbocycles. The largest absolute Gasteiger partial charge is 0.458 e. The molecule has 0 fully saturated rings. The molecule has 0 radical (unpaired) electrons. The zero-order valence-corrected chi connectivity index (χ0v) is 14.6. The molecule has 0 saturated carbocycles. The van der Waals surface area contributed by atoms with Gasteiger partial charge in [0.15, 0.2) is 0 Å². The summed E-state index contributed by atoms with van der Waals surface area (Å²) in [5, 5.41) is 22.1. The summed E-state index contributed by atoms with van der Waals surface area (Å²) in [7, 11) is 0. The summed E-state index contributed by atoms with van der Waals surface area (Å²) < 4.78 is 11.3. The summed E-state index contributed by atoms with van der Waals surface area (Å²) in [6, 6.07) is 5.30. The Morgan fingerprint density at radius 1 is 1.44 bits per heavy atom. The van der Waals surface area contributed by atoms with Gasteiger partial charge in [0.2, 0.25) is 5.79 Å². The molecule has 1 aliphatic heterocycles. The smallest absolute Gasteiger partial charge is 0.344 e. The van der Waals surface area contributed by atoms with E-state index >= 15 is 0 Å². The Morgan fingerprint density at radius 3 is 2.72 bits per heavy atom. The van der Waals surface area contributed by atoms with Crippen molar-refractivity contribution >= 4 is 11.0 Å². The standard InChI is InChI=1S/C20H22O5/c1-6-19(5)10-20(23,17(21)11(2)3)25-16-14-12(4)8-7-9-13(14)24-18(22)15(16)19/h6-9,17,21,23H,1-2,10H2,3-5H3/t17-,19-,20-/m1/s1. The first-order valence-corrected chi connectivity index (χ1v) is 8.08. The van der Waals surface area contributed by atoms with Crippen LogP contribution in [0.1, 0.15) is 31.4 Å². The van der Waals surface area contributed by atoms with Gasteiger partial charge in [-0.1, -0.05) is 31.7 Å². The summed E-state index contributed by atoms with van der Waals surface area (Å²) in [6.45, 7) is 12.8. The monoisotopic (exact) mass is 342 g/mol. The van der Waals surface area contributed by atoms with Crippen molar-refractivity contribution in [2.75, 3.05) is 0 Å². The van der Waals surface area contributed by atoms with Crippen molar-refractivity contribution in [2.45, 2.75) is 44.5 Å². The molecular formula is C20H22O5. The van der Waals surface area contributed by atoms with E-state index < -0.39 is 22.9 Å². The van der Waals surface area contributed by atoms with Crippen molar-refractivity contribution in [2.24, 2.45) is 0 Å². The van der Waals surface area contributed by atoms with Crippen LogP contribution in [0.2, 0.25) is 0 Å². The second kappa shape index (κ2) is 5.58. The SMILES string of the molecule is C=C[C@]1(C)C[C@](O)([C@H](O)C(=C)C)Oc2c1c(=O)oc1cccc(C)c21. The maximum absolute atomic E-state index is 12.6. The summed E-state index contributed by atoms with van der Waals surface area (Å²) in [5.74, 6) is -1.70. The van der Waals surface area contributed by atoms with E-state index in [1.165, 1.54) is 0 Å². The first-order chi connectivity index (χ1) is 11.6. The molecule has 3 atom stereocenters. The van der Waals surface area contributed by atoms with Crippen LogP contribution in [0, 0.1) is 6.92 Å². The van der Waals surface area contributed by atoms with Crippen LogP contribution in [-0.4, -0.2) is 22.1 Å². The molecule has 2 N–H and O–H groups in total. The lowest BCUT2D eigenvalue weighted by Crippen LogP contribution is -2.55. The Hall–Kier alpha value is -2.37. The van der Waals surface area contributed by atoms with Crippen molar-refractivity contribution in [3.63, 3.8) is 0 Å². The molecule has 0 bridgehead atoms. The zero-order chi connectivity index (χ0) is 18.6. The lowest BCUT2D eigenvalue weighted by atomic mass is 9.73. The van der Waals surface area contributed by atoms with Crippen LogP contribution in [0.25, 0.3) is 11.0 Å². The minimum absolute atomic E-state index is 0.0489. The normalized spacial score (nSPS) is 26.6. The number of hydrogen-bond acceptors (Lipinski definition) is 5. The minimum atomic E-state index is -1.93. The predicted octanol–water partition coefficient (Wildman–Crippen LogP) is 2.95. The lowest BCUT2D eigenvalue weighted by Gasteiger charge is -2.44. The molecule has 0 unspecified atom stereocenters. The molecule has 0 amide bonds. The van der Waals surface area contributed by atoms with Crippen molar-refractivity contribution in [1.29, 1.82) is 0 Å². The Labute approximate surface area is 145 Å². The van der Waals surface area contributed by atoms with E-state index in [1.807, 2.05) is 13.0 Å². The van der Waals surface area contributed by atoms with E-state index in [0.717, 1.165) is 5.56 Å². The highest BCUT2D eigenvalue weighted by Crippen LogP contribution is 2.48. The number of fused-ring (bicyclic) bond motifs is 3. The molecule has 3 rings (SSSR count). The highest BCUT2D eigenvalue weighted by molar-refractivity contribution is 5.88. The Bertz CT molecular complexity index is 941. The third-order valence-electron chi connectivity index (χ3n) is 4.91. The average Bonchev–Trinajstić information content (AvgIpc) is 2.53. The number of aliphatic hydroxyl groups is 2. The summed E-state index contributed by atoms with van der Waals surface area (Å²) in [5.41, 5.74) is 0.379. The molecule has 132 valence electrons. The van der Waals surface area contributed by atoms with Crippen LogP contribution in [0.4, 0.5) is 0 Å². The quantitative estimate of drug-likeness (QED) is 0.662. The second-order valence-corrected chi connectivity index (χ2v) is 7.04. The second-order valence-electron chi connectivity index (χ2n) is 7.04. The zero-order valence-electron chi connectivity index (χ0n) is 14.6. The third kappa shape index (κ3) is 2.51. The molecular weight excluding hydrogens is 320 g/mol. The molecule has 25 heavy (non-hydrogen) atoms. The van der Waals surface area contributed by atoms with Gasteiger partial charge in [-0.15, -0.1) is 6.58 Å². The maximum Gasteiger partial charge on any atom is 0.344 e. The fourth-order valence-corrected chi connectivity index (χ4v) is 3.52. The van der Waals surface area contributed by atoms with Crippen molar-refractivity contribution in [3.8, 4) is 5.75 Å². The number of ether oxygens (including phenoxy) is 1. The van der Waals surface area contributed by atoms with Gasteiger partial charge in [-0.2, -0.15) is 0 Å². The van der Waals surface area contributed by atoms with Gasteiger partial charge in [-0.3, -0.25) is 0 Å². The fourth-order valence-electron chi connectivity index (χ4n) is 3.52. The minimum Gasteiger partial charge on any atom is -0.458 e. The molecule has 1 aliphatic rings. The predicted molar refractivity (Wildman–Crippen MR) is 95.8 cm³/mol. The van der Waals surface area contributed by atoms with Crippen LogP contribution in [0.3, 0.4) is 0 Å². The number of benzene rings is 1. The van der Waals surface area contributed by atoms with Gasteiger partial charge < -0.3 is 19.4 Å². The first-order valence-electron chi connectivity index (χ1n) is 8.08. The van der Waals surface area contributed by atoms with Gasteiger partial charge in [0.1, 0.15) is 17.4 Å². The molecule has 0 spiro atoms. The molecule has 2 aromatic rings. The topological polar surface area (TPSA) is 79.9 Å². The van der Waals surface area contributed by atoms with E-state index in [1.54, 1.807) is 32.1 Å². The summed E-state index contributed by atoms with van der Waals surface area (Å²) >= 11 is 0. The number of aryl methyl sites for hydroxylation is 1. The average molecular weight is 342 g/mol. The van der Waals surface area contributed by atoms with E-state index in [9.17, 15) is 15.0 Å². The Balaban J connectivity index is 2.40.